The molecular formula is C22H25N3O. The van der Waals surface area contributed by atoms with Gasteiger partial charge in [-0.15, -0.1) is 0 Å². The van der Waals surface area contributed by atoms with Crippen molar-refractivity contribution in [3.63, 3.8) is 0 Å². The van der Waals surface area contributed by atoms with Crippen molar-refractivity contribution < 1.29 is 4.79 Å². The van der Waals surface area contributed by atoms with E-state index < -0.39 is 0 Å². The molecule has 1 unspecified atom stereocenters. The van der Waals surface area contributed by atoms with Gasteiger partial charge in [-0.3, -0.25) is 4.79 Å². The molecule has 26 heavy (non-hydrogen) atoms. The molecule has 4 heteroatoms. The molecule has 4 rings (SSSR count). The molecule has 4 nitrogen and oxygen atoms in total. The largest absolute Gasteiger partial charge is 0.309 e. The van der Waals surface area contributed by atoms with Crippen molar-refractivity contribution in [1.29, 1.82) is 0 Å². The molecule has 1 aromatic carbocycles. The number of anilines is 1. The summed E-state index contributed by atoms with van der Waals surface area (Å²) in [7, 11) is 0. The fourth-order valence-electron chi connectivity index (χ4n) is 3.68. The minimum absolute atomic E-state index is 0.180. The number of carbonyl (C=O) groups excluding carboxylic acids is 1. The summed E-state index contributed by atoms with van der Waals surface area (Å²) < 4.78 is 2.05. The van der Waals surface area contributed by atoms with Gasteiger partial charge in [0.2, 0.25) is 5.91 Å². The van der Waals surface area contributed by atoms with Gasteiger partial charge < -0.3 is 9.30 Å². The maximum Gasteiger partial charge on any atom is 0.232 e. The Hall–Kier alpha value is -2.62. The quantitative estimate of drug-likeness (QED) is 0.643. The third-order valence-electron chi connectivity index (χ3n) is 5.07. The normalized spacial score (nSPS) is 17.0. The monoisotopic (exact) mass is 347 g/mol. The van der Waals surface area contributed by atoms with E-state index >= 15 is 0 Å². The van der Waals surface area contributed by atoms with Gasteiger partial charge in [0, 0.05) is 35.1 Å². The molecular weight excluding hydrogens is 322 g/mol. The second-order valence-electron chi connectivity index (χ2n) is 8.42. The molecule has 0 aliphatic carbocycles. The highest BCUT2D eigenvalue weighted by atomic mass is 16.2. The number of benzene rings is 1. The van der Waals surface area contributed by atoms with Gasteiger partial charge in [-0.1, -0.05) is 26.8 Å². The zero-order valence-electron chi connectivity index (χ0n) is 16.1. The van der Waals surface area contributed by atoms with Crippen molar-refractivity contribution in [2.24, 2.45) is 5.41 Å². The predicted octanol–water partition coefficient (Wildman–Crippen LogP) is 4.63. The van der Waals surface area contributed by atoms with Gasteiger partial charge in [-0.2, -0.15) is 0 Å². The average molecular weight is 347 g/mol. The molecule has 3 heterocycles. The Morgan fingerprint density at radius 3 is 2.69 bits per heavy atom. The number of hydrogen-bond donors (Lipinski definition) is 0. The third kappa shape index (κ3) is 2.70. The van der Waals surface area contributed by atoms with Crippen LogP contribution in [0.1, 0.15) is 38.8 Å². The van der Waals surface area contributed by atoms with E-state index in [4.69, 9.17) is 4.98 Å². The summed E-state index contributed by atoms with van der Waals surface area (Å²) in [6.07, 6.45) is 4.99. The molecule has 3 aromatic rings. The van der Waals surface area contributed by atoms with Crippen molar-refractivity contribution in [2.45, 2.75) is 47.1 Å². The molecule has 2 aromatic heterocycles. The number of fused-ring (bicyclic) bond motifs is 2. The predicted molar refractivity (Wildman–Crippen MR) is 105 cm³/mol. The fourth-order valence-corrected chi connectivity index (χ4v) is 3.68. The first-order chi connectivity index (χ1) is 12.2. The SMILES string of the molecule is Cc1ccn2cc(-c3ccc4c(c3)CC(C)N4C(=O)C(C)(C)C)nc2c1. The van der Waals surface area contributed by atoms with Crippen LogP contribution in [0.3, 0.4) is 0 Å². The first kappa shape index (κ1) is 16.8. The van der Waals surface area contributed by atoms with Crippen LogP contribution in [0.25, 0.3) is 16.9 Å². The topological polar surface area (TPSA) is 37.6 Å². The lowest BCUT2D eigenvalue weighted by atomic mass is 9.94. The molecule has 0 radical (unpaired) electrons. The van der Waals surface area contributed by atoms with Crippen molar-refractivity contribution in [3.05, 3.63) is 53.9 Å². The summed E-state index contributed by atoms with van der Waals surface area (Å²) >= 11 is 0. The highest BCUT2D eigenvalue weighted by Crippen LogP contribution is 2.37. The molecule has 1 aliphatic rings. The number of nitrogens with zero attached hydrogens (tertiary/aromatic N) is 3. The molecule has 1 aliphatic heterocycles. The van der Waals surface area contributed by atoms with E-state index in [9.17, 15) is 4.79 Å². The number of pyridine rings is 1. The van der Waals surface area contributed by atoms with Crippen LogP contribution in [0.4, 0.5) is 5.69 Å². The molecule has 1 atom stereocenters. The van der Waals surface area contributed by atoms with Crippen molar-refractivity contribution in [2.75, 3.05) is 4.90 Å². The number of carbonyl (C=O) groups is 1. The molecule has 0 saturated carbocycles. The highest BCUT2D eigenvalue weighted by molar-refractivity contribution is 5.99. The van der Waals surface area contributed by atoms with E-state index in [-0.39, 0.29) is 17.4 Å². The molecule has 0 bridgehead atoms. The van der Waals surface area contributed by atoms with Crippen LogP contribution < -0.4 is 4.90 Å². The molecule has 0 fully saturated rings. The second-order valence-corrected chi connectivity index (χ2v) is 8.42. The van der Waals surface area contributed by atoms with E-state index in [1.54, 1.807) is 0 Å². The zero-order chi connectivity index (χ0) is 18.6. The van der Waals surface area contributed by atoms with Gasteiger partial charge in [0.05, 0.1) is 5.69 Å². The minimum Gasteiger partial charge on any atom is -0.309 e. The molecule has 1 amide bonds. The van der Waals surface area contributed by atoms with E-state index in [0.29, 0.717) is 0 Å². The Morgan fingerprint density at radius 2 is 1.96 bits per heavy atom. The Labute approximate surface area is 154 Å². The molecule has 134 valence electrons. The fraction of sp³-hybridized carbons (Fsp3) is 0.364. The van der Waals surface area contributed by atoms with Crippen LogP contribution >= 0.6 is 0 Å². The number of rotatable bonds is 1. The maximum atomic E-state index is 12.9. The Kier molecular flexibility index (Phi) is 3.69. The Morgan fingerprint density at radius 1 is 1.19 bits per heavy atom. The number of hydrogen-bond acceptors (Lipinski definition) is 2. The van der Waals surface area contributed by atoms with Gasteiger partial charge >= 0.3 is 0 Å². The number of amides is 1. The second kappa shape index (κ2) is 5.70. The summed E-state index contributed by atoms with van der Waals surface area (Å²) in [6.45, 7) is 10.1. The summed E-state index contributed by atoms with van der Waals surface area (Å²) in [5.41, 5.74) is 6.11. The van der Waals surface area contributed by atoms with E-state index in [2.05, 4.69) is 50.4 Å². The lowest BCUT2D eigenvalue weighted by molar-refractivity contribution is -0.126. The van der Waals surface area contributed by atoms with Crippen molar-refractivity contribution in [1.82, 2.24) is 9.38 Å². The minimum atomic E-state index is -0.381. The van der Waals surface area contributed by atoms with Crippen LogP contribution in [-0.2, 0) is 11.2 Å². The Bertz CT molecular complexity index is 1010. The molecule has 0 spiro atoms. The lowest BCUT2D eigenvalue weighted by Gasteiger charge is -2.29. The van der Waals surface area contributed by atoms with Crippen LogP contribution in [0, 0.1) is 12.3 Å². The molecule has 0 saturated heterocycles. The summed E-state index contributed by atoms with van der Waals surface area (Å²) in [5, 5.41) is 0. The number of imidazole rings is 1. The summed E-state index contributed by atoms with van der Waals surface area (Å²) in [6, 6.07) is 10.7. The highest BCUT2D eigenvalue weighted by Gasteiger charge is 2.36. The zero-order valence-corrected chi connectivity index (χ0v) is 16.1. The van der Waals surface area contributed by atoms with Crippen LogP contribution in [0.5, 0.6) is 0 Å². The van der Waals surface area contributed by atoms with E-state index in [1.165, 1.54) is 11.1 Å². The van der Waals surface area contributed by atoms with Gasteiger partial charge in [-0.05, 0) is 55.7 Å². The standard InChI is InChI=1S/C22H25N3O/c1-14-8-9-24-13-18(23-20(24)10-14)16-6-7-19-17(12-16)11-15(2)25(19)21(26)22(3,4)5/h6-10,12-13,15H,11H2,1-5H3. The third-order valence-corrected chi connectivity index (χ3v) is 5.07. The van der Waals surface area contributed by atoms with E-state index in [0.717, 1.165) is 29.0 Å². The van der Waals surface area contributed by atoms with Gasteiger partial charge in [-0.25, -0.2) is 4.98 Å². The summed E-state index contributed by atoms with van der Waals surface area (Å²) in [4.78, 5) is 19.6. The number of aromatic nitrogens is 2. The Balaban J connectivity index is 1.74. The van der Waals surface area contributed by atoms with Gasteiger partial charge in [0.15, 0.2) is 0 Å². The lowest BCUT2D eigenvalue weighted by Crippen LogP contribution is -2.42. The summed E-state index contributed by atoms with van der Waals surface area (Å²) in [5.74, 6) is 0.180. The van der Waals surface area contributed by atoms with Gasteiger partial charge in [0.25, 0.3) is 0 Å². The van der Waals surface area contributed by atoms with Crippen molar-refractivity contribution in [3.8, 4) is 11.3 Å². The first-order valence-electron chi connectivity index (χ1n) is 9.16. The smallest absolute Gasteiger partial charge is 0.232 e. The van der Waals surface area contributed by atoms with Crippen LogP contribution in [0.15, 0.2) is 42.7 Å². The van der Waals surface area contributed by atoms with Crippen LogP contribution in [0.2, 0.25) is 0 Å². The van der Waals surface area contributed by atoms with Gasteiger partial charge in [0.1, 0.15) is 5.65 Å². The first-order valence-corrected chi connectivity index (χ1v) is 9.16. The van der Waals surface area contributed by atoms with Crippen LogP contribution in [-0.4, -0.2) is 21.3 Å². The average Bonchev–Trinajstić information content (AvgIpc) is 3.12. The molecule has 0 N–H and O–H groups in total. The van der Waals surface area contributed by atoms with E-state index in [1.807, 2.05) is 36.3 Å². The number of aryl methyl sites for hydroxylation is 1. The maximum absolute atomic E-state index is 12.9. The van der Waals surface area contributed by atoms with Crippen molar-refractivity contribution >= 4 is 17.2 Å².